The van der Waals surface area contributed by atoms with Gasteiger partial charge in [-0.05, 0) is 25.1 Å². The Morgan fingerprint density at radius 1 is 1.15 bits per heavy atom. The summed E-state index contributed by atoms with van der Waals surface area (Å²) >= 11 is 12.0. The molecule has 0 N–H and O–H groups in total. The van der Waals surface area contributed by atoms with E-state index in [1.54, 1.807) is 28.8 Å². The molecule has 2 heterocycles. The van der Waals surface area contributed by atoms with Gasteiger partial charge in [-0.15, -0.1) is 0 Å². The number of carbonyl (C=O) groups is 1. The van der Waals surface area contributed by atoms with Gasteiger partial charge in [0, 0.05) is 38.9 Å². The molecule has 2 aromatic rings. The van der Waals surface area contributed by atoms with Crippen molar-refractivity contribution in [1.82, 2.24) is 19.0 Å². The average Bonchev–Trinajstić information content (AvgIpc) is 2.95. The summed E-state index contributed by atoms with van der Waals surface area (Å²) in [7, 11) is -2.00. The standard InChI is InChI=1S/C16H18Cl2N4O3S/c1-11-10-13(19-20(11)2)16(23)21-6-8-22(9-7-21)26(24,25)14-5-3-4-12(17)15(14)18/h3-5,10H,6-9H2,1-2H3. The number of aryl methyl sites for hydroxylation is 2. The predicted octanol–water partition coefficient (Wildman–Crippen LogP) is 2.18. The molecule has 7 nitrogen and oxygen atoms in total. The molecule has 1 amide bonds. The van der Waals surface area contributed by atoms with E-state index in [1.807, 2.05) is 6.92 Å². The molecular weight excluding hydrogens is 399 g/mol. The van der Waals surface area contributed by atoms with Crippen molar-refractivity contribution < 1.29 is 13.2 Å². The Balaban J connectivity index is 1.73. The van der Waals surface area contributed by atoms with Crippen molar-refractivity contribution in [3.05, 3.63) is 45.7 Å². The minimum atomic E-state index is -3.77. The summed E-state index contributed by atoms with van der Waals surface area (Å²) in [4.78, 5) is 14.1. The van der Waals surface area contributed by atoms with Gasteiger partial charge >= 0.3 is 0 Å². The third kappa shape index (κ3) is 3.46. The summed E-state index contributed by atoms with van der Waals surface area (Å²) in [5, 5.41) is 4.38. The first-order chi connectivity index (χ1) is 12.2. The molecular formula is C16H18Cl2N4O3S. The number of piperazine rings is 1. The number of hydrogen-bond acceptors (Lipinski definition) is 4. The summed E-state index contributed by atoms with van der Waals surface area (Å²) in [6.07, 6.45) is 0. The molecule has 1 aromatic heterocycles. The predicted molar refractivity (Wildman–Crippen MR) is 99.1 cm³/mol. The fourth-order valence-corrected chi connectivity index (χ4v) is 4.94. The molecule has 0 spiro atoms. The van der Waals surface area contributed by atoms with Crippen LogP contribution in [0.15, 0.2) is 29.2 Å². The first-order valence-electron chi connectivity index (χ1n) is 7.96. The van der Waals surface area contributed by atoms with Gasteiger partial charge < -0.3 is 4.90 Å². The maximum Gasteiger partial charge on any atom is 0.274 e. The SMILES string of the molecule is Cc1cc(C(=O)N2CCN(S(=O)(=O)c3cccc(Cl)c3Cl)CC2)nn1C. The van der Waals surface area contributed by atoms with Crippen LogP contribution in [0.3, 0.4) is 0 Å². The van der Waals surface area contributed by atoms with Crippen molar-refractivity contribution in [1.29, 1.82) is 0 Å². The van der Waals surface area contributed by atoms with Crippen LogP contribution in [0.5, 0.6) is 0 Å². The average molecular weight is 417 g/mol. The Morgan fingerprint density at radius 2 is 1.81 bits per heavy atom. The Hall–Kier alpha value is -1.61. The number of carbonyl (C=O) groups excluding carboxylic acids is 1. The van der Waals surface area contributed by atoms with Gasteiger partial charge in [0.1, 0.15) is 4.90 Å². The number of amides is 1. The number of benzene rings is 1. The van der Waals surface area contributed by atoms with Gasteiger partial charge in [0.05, 0.1) is 10.0 Å². The minimum absolute atomic E-state index is 0.0108. The molecule has 26 heavy (non-hydrogen) atoms. The molecule has 10 heteroatoms. The number of sulfonamides is 1. The van der Waals surface area contributed by atoms with E-state index in [9.17, 15) is 13.2 Å². The van der Waals surface area contributed by atoms with Crippen molar-refractivity contribution in [2.24, 2.45) is 7.05 Å². The van der Waals surface area contributed by atoms with Crippen LogP contribution in [0.1, 0.15) is 16.2 Å². The van der Waals surface area contributed by atoms with E-state index in [-0.39, 0.29) is 47.0 Å². The third-order valence-electron chi connectivity index (χ3n) is 4.39. The first kappa shape index (κ1) is 19.2. The maximum absolute atomic E-state index is 12.8. The van der Waals surface area contributed by atoms with E-state index >= 15 is 0 Å². The van der Waals surface area contributed by atoms with Gasteiger partial charge in [0.25, 0.3) is 5.91 Å². The Kier molecular flexibility index (Phi) is 5.30. The summed E-state index contributed by atoms with van der Waals surface area (Å²) < 4.78 is 28.6. The Morgan fingerprint density at radius 3 is 2.38 bits per heavy atom. The molecule has 0 unspecified atom stereocenters. The van der Waals surface area contributed by atoms with Crippen LogP contribution in [0.4, 0.5) is 0 Å². The number of nitrogens with zero attached hydrogens (tertiary/aromatic N) is 4. The molecule has 1 aliphatic rings. The van der Waals surface area contributed by atoms with E-state index < -0.39 is 10.0 Å². The molecule has 1 fully saturated rings. The second-order valence-electron chi connectivity index (χ2n) is 6.04. The molecule has 140 valence electrons. The van der Waals surface area contributed by atoms with Gasteiger partial charge in [-0.2, -0.15) is 9.40 Å². The second-order valence-corrected chi connectivity index (χ2v) is 8.73. The van der Waals surface area contributed by atoms with Crippen molar-refractivity contribution in [2.75, 3.05) is 26.2 Å². The van der Waals surface area contributed by atoms with Gasteiger partial charge in [-0.1, -0.05) is 29.3 Å². The fraction of sp³-hybridized carbons (Fsp3) is 0.375. The topological polar surface area (TPSA) is 75.5 Å². The van der Waals surface area contributed by atoms with Crippen LogP contribution in [0.2, 0.25) is 10.0 Å². The fourth-order valence-electron chi connectivity index (χ4n) is 2.78. The lowest BCUT2D eigenvalue weighted by molar-refractivity contribution is 0.0691. The number of halogens is 2. The molecule has 1 aromatic carbocycles. The van der Waals surface area contributed by atoms with Crippen LogP contribution >= 0.6 is 23.2 Å². The highest BCUT2D eigenvalue weighted by molar-refractivity contribution is 7.89. The Bertz CT molecular complexity index is 931. The smallest absolute Gasteiger partial charge is 0.274 e. The zero-order valence-corrected chi connectivity index (χ0v) is 16.6. The van der Waals surface area contributed by atoms with Crippen LogP contribution in [-0.2, 0) is 17.1 Å². The monoisotopic (exact) mass is 416 g/mol. The summed E-state index contributed by atoms with van der Waals surface area (Å²) in [5.74, 6) is -0.202. The van der Waals surface area contributed by atoms with E-state index in [2.05, 4.69) is 5.10 Å². The lowest BCUT2D eigenvalue weighted by atomic mass is 10.3. The number of aromatic nitrogens is 2. The van der Waals surface area contributed by atoms with Crippen LogP contribution in [-0.4, -0.2) is 59.5 Å². The van der Waals surface area contributed by atoms with Crippen molar-refractivity contribution >= 4 is 39.1 Å². The molecule has 0 atom stereocenters. The lowest BCUT2D eigenvalue weighted by Crippen LogP contribution is -2.50. The highest BCUT2D eigenvalue weighted by atomic mass is 35.5. The largest absolute Gasteiger partial charge is 0.335 e. The third-order valence-corrected chi connectivity index (χ3v) is 7.26. The number of rotatable bonds is 3. The van der Waals surface area contributed by atoms with E-state index in [0.29, 0.717) is 5.69 Å². The molecule has 0 saturated carbocycles. The molecule has 0 bridgehead atoms. The van der Waals surface area contributed by atoms with Crippen molar-refractivity contribution in [3.63, 3.8) is 0 Å². The van der Waals surface area contributed by atoms with Gasteiger partial charge in [-0.25, -0.2) is 8.42 Å². The van der Waals surface area contributed by atoms with Crippen molar-refractivity contribution in [2.45, 2.75) is 11.8 Å². The normalized spacial score (nSPS) is 16.1. The summed E-state index contributed by atoms with van der Waals surface area (Å²) in [6, 6.07) is 6.23. The summed E-state index contributed by atoms with van der Waals surface area (Å²) in [6.45, 7) is 2.80. The van der Waals surface area contributed by atoms with Crippen LogP contribution in [0.25, 0.3) is 0 Å². The molecule has 1 aliphatic heterocycles. The zero-order chi connectivity index (χ0) is 19.1. The molecule has 0 radical (unpaired) electrons. The number of hydrogen-bond donors (Lipinski definition) is 0. The van der Waals surface area contributed by atoms with Gasteiger partial charge in [0.2, 0.25) is 10.0 Å². The first-order valence-corrected chi connectivity index (χ1v) is 10.2. The Labute approximate surface area is 162 Å². The van der Waals surface area contributed by atoms with Crippen LogP contribution in [0, 0.1) is 6.92 Å². The minimum Gasteiger partial charge on any atom is -0.335 e. The quantitative estimate of drug-likeness (QED) is 0.768. The van der Waals surface area contributed by atoms with E-state index in [0.717, 1.165) is 5.69 Å². The van der Waals surface area contributed by atoms with Crippen LogP contribution < -0.4 is 0 Å². The molecule has 3 rings (SSSR count). The van der Waals surface area contributed by atoms with Gasteiger partial charge in [-0.3, -0.25) is 9.48 Å². The zero-order valence-electron chi connectivity index (χ0n) is 14.3. The molecule has 1 saturated heterocycles. The van der Waals surface area contributed by atoms with Crippen molar-refractivity contribution in [3.8, 4) is 0 Å². The highest BCUT2D eigenvalue weighted by Gasteiger charge is 2.32. The summed E-state index contributed by atoms with van der Waals surface area (Å²) in [5.41, 5.74) is 1.24. The van der Waals surface area contributed by atoms with E-state index in [4.69, 9.17) is 23.2 Å². The highest BCUT2D eigenvalue weighted by Crippen LogP contribution is 2.31. The second kappa shape index (κ2) is 7.19. The molecule has 0 aliphatic carbocycles. The van der Waals surface area contributed by atoms with E-state index in [1.165, 1.54) is 16.4 Å². The van der Waals surface area contributed by atoms with Gasteiger partial charge in [0.15, 0.2) is 5.69 Å². The maximum atomic E-state index is 12.8. The lowest BCUT2D eigenvalue weighted by Gasteiger charge is -2.33.